The molecule has 0 heterocycles. The largest absolute Gasteiger partial charge is 0.334 e. The average Bonchev–Trinajstić information content (AvgIpc) is 2.28. The number of hydrogen-bond donors (Lipinski definition) is 3. The van der Waals surface area contributed by atoms with Gasteiger partial charge in [-0.1, -0.05) is 6.07 Å². The van der Waals surface area contributed by atoms with E-state index in [1.54, 1.807) is 24.3 Å². The number of nitrogens with two attached hydrogens (primary N) is 1. The molecule has 16 heavy (non-hydrogen) atoms. The molecule has 0 aliphatic heterocycles. The lowest BCUT2D eigenvalue weighted by Crippen LogP contribution is -2.40. The summed E-state index contributed by atoms with van der Waals surface area (Å²) in [6.07, 6.45) is 0. The Hall–Kier alpha value is -2.06. The lowest BCUT2D eigenvalue weighted by atomic mass is 10.2. The molecule has 1 rings (SSSR count). The Morgan fingerprint density at radius 3 is 3.00 bits per heavy atom. The molecule has 0 unspecified atom stereocenters. The van der Waals surface area contributed by atoms with E-state index in [0.717, 1.165) is 0 Å². The van der Waals surface area contributed by atoms with Crippen LogP contribution in [0.4, 0.5) is 10.5 Å². The Morgan fingerprint density at radius 1 is 1.62 bits per heavy atom. The van der Waals surface area contributed by atoms with Crippen LogP contribution in [0.1, 0.15) is 12.5 Å². The van der Waals surface area contributed by atoms with Crippen molar-refractivity contribution in [1.82, 2.24) is 5.32 Å². The molecule has 1 atom stereocenters. The van der Waals surface area contributed by atoms with Gasteiger partial charge in [-0.2, -0.15) is 5.26 Å². The van der Waals surface area contributed by atoms with Gasteiger partial charge in [-0.05, 0) is 25.1 Å². The van der Waals surface area contributed by atoms with Gasteiger partial charge in [0.15, 0.2) is 0 Å². The number of urea groups is 1. The third-order valence-corrected chi connectivity index (χ3v) is 1.98. The molecule has 0 fully saturated rings. The van der Waals surface area contributed by atoms with Crippen molar-refractivity contribution in [2.45, 2.75) is 13.0 Å². The first-order valence-electron chi connectivity index (χ1n) is 4.93. The Balaban J connectivity index is 2.60. The number of hydrogen-bond acceptors (Lipinski definition) is 3. The molecule has 1 aromatic carbocycles. The van der Waals surface area contributed by atoms with Crippen molar-refractivity contribution in [3.05, 3.63) is 29.8 Å². The summed E-state index contributed by atoms with van der Waals surface area (Å²) >= 11 is 0. The first-order valence-corrected chi connectivity index (χ1v) is 4.93. The van der Waals surface area contributed by atoms with E-state index < -0.39 is 0 Å². The minimum absolute atomic E-state index is 0.0841. The lowest BCUT2D eigenvalue weighted by molar-refractivity contribution is 0.249. The number of nitrogens with zero attached hydrogens (tertiary/aromatic N) is 1. The van der Waals surface area contributed by atoms with Crippen molar-refractivity contribution in [3.63, 3.8) is 0 Å². The molecular formula is C11H14N4O. The monoisotopic (exact) mass is 218 g/mol. The maximum Gasteiger partial charge on any atom is 0.319 e. The van der Waals surface area contributed by atoms with Crippen LogP contribution < -0.4 is 16.4 Å². The summed E-state index contributed by atoms with van der Waals surface area (Å²) in [6.45, 7) is 2.19. The zero-order chi connectivity index (χ0) is 12.0. The van der Waals surface area contributed by atoms with Gasteiger partial charge in [-0.3, -0.25) is 0 Å². The Kier molecular flexibility index (Phi) is 4.30. The normalized spacial score (nSPS) is 11.3. The molecule has 5 heteroatoms. The molecule has 5 nitrogen and oxygen atoms in total. The van der Waals surface area contributed by atoms with Gasteiger partial charge in [0, 0.05) is 18.3 Å². The molecule has 84 valence electrons. The molecule has 0 saturated heterocycles. The fraction of sp³-hybridized carbons (Fsp3) is 0.273. The number of nitrogens with one attached hydrogen (secondary N) is 2. The average molecular weight is 218 g/mol. The first kappa shape index (κ1) is 12.0. The van der Waals surface area contributed by atoms with E-state index in [2.05, 4.69) is 10.6 Å². The van der Waals surface area contributed by atoms with Gasteiger partial charge in [0.05, 0.1) is 11.6 Å². The van der Waals surface area contributed by atoms with E-state index in [9.17, 15) is 4.79 Å². The second kappa shape index (κ2) is 5.73. The number of amides is 2. The maximum atomic E-state index is 11.4. The van der Waals surface area contributed by atoms with Gasteiger partial charge in [-0.15, -0.1) is 0 Å². The lowest BCUT2D eigenvalue weighted by Gasteiger charge is -2.12. The van der Waals surface area contributed by atoms with Gasteiger partial charge in [0.2, 0.25) is 0 Å². The summed E-state index contributed by atoms with van der Waals surface area (Å²) in [5.41, 5.74) is 6.46. The second-order valence-electron chi connectivity index (χ2n) is 3.43. The van der Waals surface area contributed by atoms with Gasteiger partial charge in [0.25, 0.3) is 0 Å². The van der Waals surface area contributed by atoms with Crippen LogP contribution in [0.5, 0.6) is 0 Å². The number of carbonyl (C=O) groups is 1. The van der Waals surface area contributed by atoms with Crippen molar-refractivity contribution < 1.29 is 4.79 Å². The highest BCUT2D eigenvalue weighted by Crippen LogP contribution is 2.09. The molecule has 2 amide bonds. The summed E-state index contributed by atoms with van der Waals surface area (Å²) in [6, 6.07) is 8.29. The number of anilines is 1. The first-order chi connectivity index (χ1) is 7.65. The minimum atomic E-state index is -0.326. The zero-order valence-electron chi connectivity index (χ0n) is 9.03. The molecule has 0 aliphatic carbocycles. The van der Waals surface area contributed by atoms with Crippen molar-refractivity contribution >= 4 is 11.7 Å². The van der Waals surface area contributed by atoms with Crippen LogP contribution in [-0.2, 0) is 0 Å². The SMILES string of the molecule is C[C@H](CN)NC(=O)Nc1cccc(C#N)c1. The highest BCUT2D eigenvalue weighted by atomic mass is 16.2. The van der Waals surface area contributed by atoms with E-state index in [4.69, 9.17) is 11.0 Å². The molecule has 0 bridgehead atoms. The Morgan fingerprint density at radius 2 is 2.38 bits per heavy atom. The smallest absolute Gasteiger partial charge is 0.319 e. The molecule has 4 N–H and O–H groups in total. The third kappa shape index (κ3) is 3.59. The van der Waals surface area contributed by atoms with Crippen LogP contribution in [-0.4, -0.2) is 18.6 Å². The van der Waals surface area contributed by atoms with Crippen LogP contribution in [0.15, 0.2) is 24.3 Å². The standard InChI is InChI=1S/C11H14N4O/c1-8(6-12)14-11(16)15-10-4-2-3-9(5-10)7-13/h2-5,8H,6,12H2,1H3,(H2,14,15,16)/t8-/m1/s1. The molecule has 0 radical (unpaired) electrons. The molecule has 0 spiro atoms. The summed E-state index contributed by atoms with van der Waals surface area (Å²) in [4.78, 5) is 11.4. The van der Waals surface area contributed by atoms with Crippen LogP contribution in [0, 0.1) is 11.3 Å². The van der Waals surface area contributed by atoms with Crippen molar-refractivity contribution in [1.29, 1.82) is 5.26 Å². The molecule has 0 saturated carbocycles. The summed E-state index contributed by atoms with van der Waals surface area (Å²) in [5.74, 6) is 0. The van der Waals surface area contributed by atoms with E-state index in [-0.39, 0.29) is 12.1 Å². The third-order valence-electron chi connectivity index (χ3n) is 1.98. The van der Waals surface area contributed by atoms with E-state index >= 15 is 0 Å². The van der Waals surface area contributed by atoms with Crippen LogP contribution in [0.2, 0.25) is 0 Å². The molecule has 1 aromatic rings. The maximum absolute atomic E-state index is 11.4. The minimum Gasteiger partial charge on any atom is -0.334 e. The molecule has 0 aromatic heterocycles. The topological polar surface area (TPSA) is 90.9 Å². The number of benzene rings is 1. The zero-order valence-corrected chi connectivity index (χ0v) is 9.03. The van der Waals surface area contributed by atoms with E-state index in [1.165, 1.54) is 0 Å². The van der Waals surface area contributed by atoms with Gasteiger partial charge < -0.3 is 16.4 Å². The highest BCUT2D eigenvalue weighted by Gasteiger charge is 2.05. The van der Waals surface area contributed by atoms with Gasteiger partial charge >= 0.3 is 6.03 Å². The fourth-order valence-corrected chi connectivity index (χ4v) is 1.12. The molecular weight excluding hydrogens is 204 g/mol. The summed E-state index contributed by atoms with van der Waals surface area (Å²) in [5, 5.41) is 14.0. The summed E-state index contributed by atoms with van der Waals surface area (Å²) in [7, 11) is 0. The van der Waals surface area contributed by atoms with E-state index in [0.29, 0.717) is 17.8 Å². The van der Waals surface area contributed by atoms with Crippen LogP contribution in [0.3, 0.4) is 0 Å². The number of rotatable bonds is 3. The Bertz CT molecular complexity index is 411. The number of nitriles is 1. The highest BCUT2D eigenvalue weighted by molar-refractivity contribution is 5.89. The summed E-state index contributed by atoms with van der Waals surface area (Å²) < 4.78 is 0. The van der Waals surface area contributed by atoms with Crippen molar-refractivity contribution in [2.75, 3.05) is 11.9 Å². The quantitative estimate of drug-likeness (QED) is 0.707. The fourth-order valence-electron chi connectivity index (χ4n) is 1.12. The van der Waals surface area contributed by atoms with Gasteiger partial charge in [0.1, 0.15) is 0 Å². The Labute approximate surface area is 94.2 Å². The number of carbonyl (C=O) groups excluding carboxylic acids is 1. The van der Waals surface area contributed by atoms with Crippen LogP contribution >= 0.6 is 0 Å². The van der Waals surface area contributed by atoms with Crippen LogP contribution in [0.25, 0.3) is 0 Å². The second-order valence-corrected chi connectivity index (χ2v) is 3.43. The van der Waals surface area contributed by atoms with Crippen molar-refractivity contribution in [3.8, 4) is 6.07 Å². The predicted octanol–water partition coefficient (Wildman–Crippen LogP) is 1.03. The van der Waals surface area contributed by atoms with E-state index in [1.807, 2.05) is 13.0 Å². The van der Waals surface area contributed by atoms with Gasteiger partial charge in [-0.25, -0.2) is 4.79 Å². The van der Waals surface area contributed by atoms with Crippen molar-refractivity contribution in [2.24, 2.45) is 5.73 Å². The predicted molar refractivity (Wildman–Crippen MR) is 61.8 cm³/mol. The molecule has 0 aliphatic rings.